The van der Waals surface area contributed by atoms with E-state index in [1.807, 2.05) is 30.5 Å². The van der Waals surface area contributed by atoms with Crippen molar-refractivity contribution in [2.45, 2.75) is 23.9 Å². The third-order valence-electron chi connectivity index (χ3n) is 4.12. The summed E-state index contributed by atoms with van der Waals surface area (Å²) in [6, 6.07) is 7.70. The zero-order valence-corrected chi connectivity index (χ0v) is 13.9. The van der Waals surface area contributed by atoms with Crippen molar-refractivity contribution in [1.82, 2.24) is 19.6 Å². The van der Waals surface area contributed by atoms with E-state index in [-0.39, 0.29) is 11.7 Å². The fraction of sp³-hybridized carbons (Fsp3) is 0.250. The first-order chi connectivity index (χ1) is 11.2. The van der Waals surface area contributed by atoms with E-state index in [0.29, 0.717) is 27.9 Å². The molecule has 0 spiro atoms. The second-order valence-corrected chi connectivity index (χ2v) is 6.72. The largest absolute Gasteiger partial charge is 0.294 e. The summed E-state index contributed by atoms with van der Waals surface area (Å²) in [5.74, 6) is 0.723. The van der Waals surface area contributed by atoms with Crippen LogP contribution in [0.2, 0.25) is 5.02 Å². The molecule has 1 atom stereocenters. The van der Waals surface area contributed by atoms with E-state index >= 15 is 0 Å². The van der Waals surface area contributed by atoms with E-state index in [2.05, 4.69) is 15.1 Å². The van der Waals surface area contributed by atoms with Gasteiger partial charge in [-0.2, -0.15) is 9.50 Å². The smallest absolute Gasteiger partial charge is 0.253 e. The first-order valence-electron chi connectivity index (χ1n) is 7.23. The molecule has 23 heavy (non-hydrogen) atoms. The molecule has 0 saturated heterocycles. The maximum atomic E-state index is 12.5. The Balaban J connectivity index is 1.83. The van der Waals surface area contributed by atoms with E-state index in [1.165, 1.54) is 11.8 Å². The minimum absolute atomic E-state index is 0.0897. The maximum Gasteiger partial charge on any atom is 0.253 e. The van der Waals surface area contributed by atoms with Crippen LogP contribution >= 0.6 is 23.4 Å². The minimum Gasteiger partial charge on any atom is -0.294 e. The number of carbonyl (C=O) groups excluding carboxylic acids is 1. The van der Waals surface area contributed by atoms with Crippen molar-refractivity contribution >= 4 is 34.9 Å². The van der Waals surface area contributed by atoms with Crippen LogP contribution in [-0.2, 0) is 6.42 Å². The molecular formula is C16H13ClN4OS. The van der Waals surface area contributed by atoms with Gasteiger partial charge < -0.3 is 0 Å². The van der Waals surface area contributed by atoms with E-state index in [4.69, 9.17) is 11.6 Å². The summed E-state index contributed by atoms with van der Waals surface area (Å²) >= 11 is 7.55. The van der Waals surface area contributed by atoms with Crippen molar-refractivity contribution in [3.8, 4) is 0 Å². The fourth-order valence-electron chi connectivity index (χ4n) is 3.01. The topological polar surface area (TPSA) is 60.1 Å². The third-order valence-corrected chi connectivity index (χ3v) is 4.89. The number of fused-ring (bicyclic) bond motifs is 3. The van der Waals surface area contributed by atoms with E-state index in [0.717, 1.165) is 17.7 Å². The lowest BCUT2D eigenvalue weighted by Crippen LogP contribution is -2.22. The Hall–Kier alpha value is -1.92. The highest BCUT2D eigenvalue weighted by atomic mass is 35.5. The molecule has 0 saturated carbocycles. The van der Waals surface area contributed by atoms with Gasteiger partial charge in [-0.15, -0.1) is 5.10 Å². The summed E-state index contributed by atoms with van der Waals surface area (Å²) in [6.45, 7) is 0. The molecule has 5 nitrogen and oxygen atoms in total. The Morgan fingerprint density at radius 2 is 2.22 bits per heavy atom. The second kappa shape index (κ2) is 5.62. The number of hydrogen-bond acceptors (Lipinski definition) is 5. The number of carbonyl (C=O) groups is 1. The number of aromatic nitrogens is 4. The summed E-state index contributed by atoms with van der Waals surface area (Å²) in [5.41, 5.74) is 2.60. The normalized spacial score (nSPS) is 17.5. The molecule has 2 heterocycles. The van der Waals surface area contributed by atoms with Crippen LogP contribution in [0.3, 0.4) is 0 Å². The van der Waals surface area contributed by atoms with Crippen LogP contribution in [0.15, 0.2) is 35.6 Å². The number of rotatable bonds is 2. The van der Waals surface area contributed by atoms with Crippen molar-refractivity contribution in [3.63, 3.8) is 0 Å². The minimum atomic E-state index is 0.0897. The van der Waals surface area contributed by atoms with Crippen LogP contribution in [0.4, 0.5) is 0 Å². The quantitative estimate of drug-likeness (QED) is 0.667. The Morgan fingerprint density at radius 3 is 3.00 bits per heavy atom. The highest BCUT2D eigenvalue weighted by Gasteiger charge is 2.29. The van der Waals surface area contributed by atoms with Gasteiger partial charge in [0.1, 0.15) is 0 Å². The maximum absolute atomic E-state index is 12.5. The molecule has 4 rings (SSSR count). The highest BCUT2D eigenvalue weighted by Crippen LogP contribution is 2.33. The number of ketones is 1. The molecule has 1 aliphatic rings. The van der Waals surface area contributed by atoms with Crippen molar-refractivity contribution < 1.29 is 4.79 Å². The average molecular weight is 345 g/mol. The van der Waals surface area contributed by atoms with Crippen LogP contribution in [0.5, 0.6) is 0 Å². The lowest BCUT2D eigenvalue weighted by Gasteiger charge is -2.23. The number of halogens is 1. The number of nitrogens with zero attached hydrogens (tertiary/aromatic N) is 4. The monoisotopic (exact) mass is 344 g/mol. The Labute approximate surface area is 142 Å². The van der Waals surface area contributed by atoms with Crippen molar-refractivity contribution in [1.29, 1.82) is 0 Å². The SMILES string of the molecule is CSc1nc2ncc3c(n2n1)CC(c1cccc(Cl)c1)CC3=O. The summed E-state index contributed by atoms with van der Waals surface area (Å²) in [7, 11) is 0. The third kappa shape index (κ3) is 2.52. The van der Waals surface area contributed by atoms with Crippen LogP contribution < -0.4 is 0 Å². The standard InChI is InChI=1S/C16H13ClN4OS/c1-23-16-19-15-18-8-12-13(21(15)20-16)6-10(7-14(12)22)9-3-2-4-11(17)5-9/h2-5,8,10H,6-7H2,1H3. The Bertz CT molecular complexity index is 924. The molecule has 116 valence electrons. The van der Waals surface area contributed by atoms with Gasteiger partial charge in [-0.3, -0.25) is 4.79 Å². The number of thioether (sulfide) groups is 1. The van der Waals surface area contributed by atoms with Crippen LogP contribution in [0, 0.1) is 0 Å². The number of benzene rings is 1. The van der Waals surface area contributed by atoms with Gasteiger partial charge in [-0.25, -0.2) is 4.98 Å². The van der Waals surface area contributed by atoms with Crippen LogP contribution in [0.25, 0.3) is 5.78 Å². The summed E-state index contributed by atoms with van der Waals surface area (Å²) in [6.07, 6.45) is 4.73. The van der Waals surface area contributed by atoms with Gasteiger partial charge in [0.25, 0.3) is 5.78 Å². The van der Waals surface area contributed by atoms with Crippen molar-refractivity contribution in [3.05, 3.63) is 52.3 Å². The van der Waals surface area contributed by atoms with Crippen LogP contribution in [0.1, 0.15) is 34.0 Å². The molecule has 1 aliphatic carbocycles. The molecule has 0 bridgehead atoms. The average Bonchev–Trinajstić information content (AvgIpc) is 2.98. The molecule has 0 radical (unpaired) electrons. The highest BCUT2D eigenvalue weighted by molar-refractivity contribution is 7.98. The predicted molar refractivity (Wildman–Crippen MR) is 89.4 cm³/mol. The van der Waals surface area contributed by atoms with Crippen molar-refractivity contribution in [2.24, 2.45) is 0 Å². The molecule has 0 fully saturated rings. The van der Waals surface area contributed by atoms with Gasteiger partial charge in [-0.05, 0) is 36.3 Å². The molecule has 0 aliphatic heterocycles. The van der Waals surface area contributed by atoms with E-state index in [9.17, 15) is 4.79 Å². The van der Waals surface area contributed by atoms with Gasteiger partial charge in [0.05, 0.1) is 11.3 Å². The molecule has 3 aromatic rings. The summed E-state index contributed by atoms with van der Waals surface area (Å²) < 4.78 is 1.70. The lowest BCUT2D eigenvalue weighted by atomic mass is 9.82. The first kappa shape index (κ1) is 14.7. The van der Waals surface area contributed by atoms with Gasteiger partial charge in [0.15, 0.2) is 5.78 Å². The van der Waals surface area contributed by atoms with E-state index in [1.54, 1.807) is 10.7 Å². The molecule has 1 unspecified atom stereocenters. The molecular weight excluding hydrogens is 332 g/mol. The van der Waals surface area contributed by atoms with Gasteiger partial charge in [0, 0.05) is 17.6 Å². The van der Waals surface area contributed by atoms with E-state index < -0.39 is 0 Å². The zero-order valence-electron chi connectivity index (χ0n) is 12.4. The first-order valence-corrected chi connectivity index (χ1v) is 8.83. The lowest BCUT2D eigenvalue weighted by molar-refractivity contribution is 0.0962. The molecule has 2 aromatic heterocycles. The molecule has 7 heteroatoms. The zero-order chi connectivity index (χ0) is 16.0. The number of Topliss-reactive ketones (excluding diaryl/α,β-unsaturated/α-hetero) is 1. The fourth-order valence-corrected chi connectivity index (χ4v) is 3.55. The molecule has 0 amide bonds. The van der Waals surface area contributed by atoms with Gasteiger partial charge in [0.2, 0.25) is 5.16 Å². The number of hydrogen-bond donors (Lipinski definition) is 0. The second-order valence-electron chi connectivity index (χ2n) is 5.51. The van der Waals surface area contributed by atoms with Gasteiger partial charge >= 0.3 is 0 Å². The Kier molecular flexibility index (Phi) is 3.58. The summed E-state index contributed by atoms with van der Waals surface area (Å²) in [5, 5.41) is 5.79. The molecule has 0 N–H and O–H groups in total. The van der Waals surface area contributed by atoms with Crippen molar-refractivity contribution in [2.75, 3.05) is 6.26 Å². The van der Waals surface area contributed by atoms with Gasteiger partial charge in [-0.1, -0.05) is 35.5 Å². The predicted octanol–water partition coefficient (Wildman–Crippen LogP) is 3.41. The summed E-state index contributed by atoms with van der Waals surface area (Å²) in [4.78, 5) is 21.1. The Morgan fingerprint density at radius 1 is 1.35 bits per heavy atom. The van der Waals surface area contributed by atoms with Crippen LogP contribution in [-0.4, -0.2) is 31.6 Å². The molecule has 1 aromatic carbocycles.